The highest BCUT2D eigenvalue weighted by Crippen LogP contribution is 2.57. The van der Waals surface area contributed by atoms with Gasteiger partial charge in [-0.25, -0.2) is 0 Å². The maximum Gasteiger partial charge on any atom is 0.0995 e. The van der Waals surface area contributed by atoms with Crippen molar-refractivity contribution in [1.82, 2.24) is 0 Å². The number of rotatable bonds is 4. The first-order valence-corrected chi connectivity index (χ1v) is 7.24. The largest absolute Gasteiger partial charge is 0.373 e. The molecule has 1 aliphatic carbocycles. The molecule has 18 heavy (non-hydrogen) atoms. The number of hydrogen-bond donors (Lipinski definition) is 0. The van der Waals surface area contributed by atoms with Crippen LogP contribution >= 0.6 is 0 Å². The lowest BCUT2D eigenvalue weighted by atomic mass is 9.74. The van der Waals surface area contributed by atoms with Gasteiger partial charge in [-0.15, -0.1) is 0 Å². The Morgan fingerprint density at radius 1 is 1.00 bits per heavy atom. The van der Waals surface area contributed by atoms with Crippen LogP contribution in [0.3, 0.4) is 0 Å². The van der Waals surface area contributed by atoms with Gasteiger partial charge in [0.1, 0.15) is 0 Å². The molecule has 2 aliphatic rings. The van der Waals surface area contributed by atoms with Crippen LogP contribution in [-0.2, 0) is 14.2 Å². The van der Waals surface area contributed by atoms with Gasteiger partial charge >= 0.3 is 0 Å². The Balaban J connectivity index is 2.15. The highest BCUT2D eigenvalue weighted by Gasteiger charge is 2.64. The van der Waals surface area contributed by atoms with Crippen molar-refractivity contribution in [3.05, 3.63) is 0 Å². The molecule has 1 saturated carbocycles. The van der Waals surface area contributed by atoms with Crippen molar-refractivity contribution < 1.29 is 14.2 Å². The molecule has 1 aliphatic heterocycles. The summed E-state index contributed by atoms with van der Waals surface area (Å²) in [4.78, 5) is 0. The first-order chi connectivity index (χ1) is 8.29. The zero-order chi connectivity index (χ0) is 13.6. The molecule has 3 nitrogen and oxygen atoms in total. The summed E-state index contributed by atoms with van der Waals surface area (Å²) in [5.74, 6) is 0. The number of fused-ring (bicyclic) bond motifs is 1. The normalized spacial score (nSPS) is 44.0. The first kappa shape index (κ1) is 14.3. The van der Waals surface area contributed by atoms with Crippen molar-refractivity contribution in [2.45, 2.75) is 84.4 Å². The lowest BCUT2D eigenvalue weighted by Gasteiger charge is -2.39. The molecule has 0 aromatic carbocycles. The van der Waals surface area contributed by atoms with Gasteiger partial charge in [-0.2, -0.15) is 0 Å². The van der Waals surface area contributed by atoms with Crippen LogP contribution in [0.1, 0.15) is 54.4 Å². The fourth-order valence-corrected chi connectivity index (χ4v) is 3.54. The summed E-state index contributed by atoms with van der Waals surface area (Å²) >= 11 is 0. The van der Waals surface area contributed by atoms with Gasteiger partial charge in [0.05, 0.1) is 36.6 Å². The van der Waals surface area contributed by atoms with Gasteiger partial charge in [0.15, 0.2) is 0 Å². The maximum atomic E-state index is 6.14. The summed E-state index contributed by atoms with van der Waals surface area (Å²) in [6.45, 7) is 13.6. The second-order valence-electron chi connectivity index (χ2n) is 6.72. The SMILES string of the molecule is CC(C)OC1CO[C@]2(C)[C@@H](OC(C)C)CC[C@]12C. The third-order valence-corrected chi connectivity index (χ3v) is 4.79. The van der Waals surface area contributed by atoms with E-state index in [1.165, 1.54) is 0 Å². The average Bonchev–Trinajstić information content (AvgIpc) is 2.62. The predicted octanol–water partition coefficient (Wildman–Crippen LogP) is 3.16. The van der Waals surface area contributed by atoms with Crippen molar-refractivity contribution in [2.24, 2.45) is 5.41 Å². The minimum Gasteiger partial charge on any atom is -0.373 e. The molecular formula is C15H28O3. The van der Waals surface area contributed by atoms with Crippen molar-refractivity contribution in [1.29, 1.82) is 0 Å². The van der Waals surface area contributed by atoms with Crippen LogP contribution in [0.5, 0.6) is 0 Å². The summed E-state index contributed by atoms with van der Waals surface area (Å²) in [6, 6.07) is 0. The van der Waals surface area contributed by atoms with Gasteiger partial charge < -0.3 is 14.2 Å². The Morgan fingerprint density at radius 3 is 2.11 bits per heavy atom. The molecular weight excluding hydrogens is 228 g/mol. The third-order valence-electron chi connectivity index (χ3n) is 4.79. The molecule has 3 heteroatoms. The maximum absolute atomic E-state index is 6.14. The van der Waals surface area contributed by atoms with Gasteiger partial charge in [-0.3, -0.25) is 0 Å². The zero-order valence-corrected chi connectivity index (χ0v) is 12.7. The van der Waals surface area contributed by atoms with Crippen LogP contribution in [0, 0.1) is 5.41 Å². The monoisotopic (exact) mass is 256 g/mol. The smallest absolute Gasteiger partial charge is 0.0995 e. The van der Waals surface area contributed by atoms with E-state index in [4.69, 9.17) is 14.2 Å². The molecule has 2 rings (SSSR count). The van der Waals surface area contributed by atoms with Crippen molar-refractivity contribution in [3.8, 4) is 0 Å². The van der Waals surface area contributed by atoms with E-state index in [-0.39, 0.29) is 35.4 Å². The van der Waals surface area contributed by atoms with Crippen molar-refractivity contribution >= 4 is 0 Å². The average molecular weight is 256 g/mol. The van der Waals surface area contributed by atoms with Crippen molar-refractivity contribution in [2.75, 3.05) is 6.61 Å². The summed E-state index contributed by atoms with van der Waals surface area (Å²) in [7, 11) is 0. The second-order valence-corrected chi connectivity index (χ2v) is 6.72. The van der Waals surface area contributed by atoms with Crippen LogP contribution < -0.4 is 0 Å². The Kier molecular flexibility index (Phi) is 3.79. The molecule has 0 bridgehead atoms. The molecule has 106 valence electrons. The Morgan fingerprint density at radius 2 is 1.56 bits per heavy atom. The van der Waals surface area contributed by atoms with Crippen LogP contribution in [0.25, 0.3) is 0 Å². The second kappa shape index (κ2) is 4.77. The molecule has 0 N–H and O–H groups in total. The van der Waals surface area contributed by atoms with Crippen molar-refractivity contribution in [3.63, 3.8) is 0 Å². The van der Waals surface area contributed by atoms with E-state index in [1.54, 1.807) is 0 Å². The molecule has 0 spiro atoms. The summed E-state index contributed by atoms with van der Waals surface area (Å²) < 4.78 is 18.3. The Bertz CT molecular complexity index is 272. The van der Waals surface area contributed by atoms with Crippen LogP contribution in [0.15, 0.2) is 0 Å². The van der Waals surface area contributed by atoms with E-state index in [0.29, 0.717) is 6.61 Å². The van der Waals surface area contributed by atoms with Gasteiger partial charge in [0.25, 0.3) is 0 Å². The van der Waals surface area contributed by atoms with Gasteiger partial charge in [0.2, 0.25) is 0 Å². The van der Waals surface area contributed by atoms with E-state index < -0.39 is 0 Å². The molecule has 1 unspecified atom stereocenters. The molecule has 0 aromatic heterocycles. The van der Waals surface area contributed by atoms with Gasteiger partial charge in [0, 0.05) is 5.41 Å². The highest BCUT2D eigenvalue weighted by atomic mass is 16.6. The Hall–Kier alpha value is -0.120. The topological polar surface area (TPSA) is 27.7 Å². The third kappa shape index (κ3) is 2.10. The minimum atomic E-state index is -0.198. The van der Waals surface area contributed by atoms with E-state index in [1.807, 2.05) is 0 Å². The highest BCUT2D eigenvalue weighted by molar-refractivity contribution is 5.13. The Labute approximate surface area is 111 Å². The number of ether oxygens (including phenoxy) is 3. The zero-order valence-electron chi connectivity index (χ0n) is 12.7. The van der Waals surface area contributed by atoms with Crippen LogP contribution in [0.2, 0.25) is 0 Å². The predicted molar refractivity (Wildman–Crippen MR) is 71.7 cm³/mol. The van der Waals surface area contributed by atoms with Gasteiger partial charge in [-0.1, -0.05) is 6.92 Å². The molecule has 0 radical (unpaired) electrons. The lowest BCUT2D eigenvalue weighted by molar-refractivity contribution is -0.137. The number of hydrogen-bond acceptors (Lipinski definition) is 3. The fraction of sp³-hybridized carbons (Fsp3) is 1.00. The fourth-order valence-electron chi connectivity index (χ4n) is 3.54. The van der Waals surface area contributed by atoms with Crippen LogP contribution in [-0.4, -0.2) is 36.6 Å². The van der Waals surface area contributed by atoms with E-state index >= 15 is 0 Å². The van der Waals surface area contributed by atoms with E-state index in [9.17, 15) is 0 Å². The quantitative estimate of drug-likeness (QED) is 0.773. The molecule has 4 atom stereocenters. The summed E-state index contributed by atoms with van der Waals surface area (Å²) in [5.41, 5.74) is -0.117. The molecule has 1 heterocycles. The van der Waals surface area contributed by atoms with E-state index in [0.717, 1.165) is 12.8 Å². The minimum absolute atomic E-state index is 0.0802. The summed E-state index contributed by atoms with van der Waals surface area (Å²) in [5, 5.41) is 0. The first-order valence-electron chi connectivity index (χ1n) is 7.24. The molecule has 0 aromatic rings. The molecule has 0 amide bonds. The van der Waals surface area contributed by atoms with Crippen LogP contribution in [0.4, 0.5) is 0 Å². The standard InChI is InChI=1S/C15H28O3/c1-10(2)17-12-7-8-14(5)13(18-11(3)4)9-16-15(12,14)6/h10-13H,7-9H2,1-6H3/t12-,13?,14+,15+/m0/s1. The summed E-state index contributed by atoms with van der Waals surface area (Å²) in [6.07, 6.45) is 3.10. The molecule has 2 fully saturated rings. The van der Waals surface area contributed by atoms with Gasteiger partial charge in [-0.05, 0) is 47.5 Å². The van der Waals surface area contributed by atoms with E-state index in [2.05, 4.69) is 41.5 Å². The molecule has 1 saturated heterocycles. The lowest BCUT2D eigenvalue weighted by Crippen LogP contribution is -2.49.